The van der Waals surface area contributed by atoms with Crippen molar-refractivity contribution in [3.8, 4) is 6.07 Å². The van der Waals surface area contributed by atoms with Crippen LogP contribution in [0.3, 0.4) is 0 Å². The van der Waals surface area contributed by atoms with Gasteiger partial charge in [0.2, 0.25) is 0 Å². The zero-order valence-electron chi connectivity index (χ0n) is 17.2. The number of nitrogens with one attached hydrogen (secondary N) is 2. The number of benzene rings is 1. The monoisotopic (exact) mass is 391 g/mol. The van der Waals surface area contributed by atoms with Crippen LogP contribution >= 0.6 is 0 Å². The van der Waals surface area contributed by atoms with Crippen LogP contribution in [-0.4, -0.2) is 23.6 Å². The molecule has 0 saturated carbocycles. The summed E-state index contributed by atoms with van der Waals surface area (Å²) in [6.07, 6.45) is 1.62. The number of aromatic nitrogens is 1. The molecule has 6 heteroatoms. The third-order valence-corrected chi connectivity index (χ3v) is 5.30. The molecule has 0 saturated heterocycles. The number of furan rings is 1. The summed E-state index contributed by atoms with van der Waals surface area (Å²) < 4.78 is 7.40. The highest BCUT2D eigenvalue weighted by Crippen LogP contribution is 2.27. The first kappa shape index (κ1) is 20.4. The van der Waals surface area contributed by atoms with Crippen LogP contribution in [0.5, 0.6) is 0 Å². The second kappa shape index (κ2) is 9.26. The summed E-state index contributed by atoms with van der Waals surface area (Å²) in [4.78, 5) is 14.0. The van der Waals surface area contributed by atoms with E-state index in [4.69, 9.17) is 4.42 Å². The smallest absolute Gasteiger partial charge is 0.280 e. The lowest BCUT2D eigenvalue weighted by Crippen LogP contribution is -3.11. The number of hydrogen-bond donors (Lipinski definition) is 2. The molecule has 3 rings (SSSR count). The number of likely N-dealkylation sites (N-methyl/N-ethyl adjacent to an activating group) is 1. The SMILES string of the molecule is CC[NH+](CC(=O)Nc1c(C#N)c(C)c(C)n1Cc1ccco1)Cc1ccccc1. The first-order valence-corrected chi connectivity index (χ1v) is 9.83. The van der Waals surface area contributed by atoms with E-state index in [1.807, 2.05) is 48.7 Å². The molecule has 2 N–H and O–H groups in total. The lowest BCUT2D eigenvalue weighted by atomic mass is 10.2. The molecule has 0 aliphatic carbocycles. The van der Waals surface area contributed by atoms with Gasteiger partial charge < -0.3 is 19.2 Å². The van der Waals surface area contributed by atoms with Gasteiger partial charge in [-0.2, -0.15) is 5.26 Å². The minimum atomic E-state index is -0.104. The molecule has 0 fully saturated rings. The van der Waals surface area contributed by atoms with Gasteiger partial charge in [0.05, 0.1) is 24.9 Å². The van der Waals surface area contributed by atoms with Crippen molar-refractivity contribution in [1.82, 2.24) is 4.57 Å². The molecule has 0 bridgehead atoms. The van der Waals surface area contributed by atoms with Gasteiger partial charge in [0.1, 0.15) is 24.2 Å². The van der Waals surface area contributed by atoms with Gasteiger partial charge in [-0.1, -0.05) is 30.3 Å². The molecule has 1 aromatic carbocycles. The maximum Gasteiger partial charge on any atom is 0.280 e. The molecule has 0 radical (unpaired) electrons. The molecule has 150 valence electrons. The van der Waals surface area contributed by atoms with E-state index in [2.05, 4.69) is 30.4 Å². The van der Waals surface area contributed by atoms with Gasteiger partial charge in [0.25, 0.3) is 5.91 Å². The van der Waals surface area contributed by atoms with Crippen LogP contribution in [0.15, 0.2) is 53.1 Å². The molecule has 1 atom stereocenters. The molecule has 2 aromatic heterocycles. The Morgan fingerprint density at radius 2 is 1.97 bits per heavy atom. The second-order valence-electron chi connectivity index (χ2n) is 7.20. The molecule has 0 aliphatic heterocycles. The number of nitriles is 1. The fourth-order valence-electron chi connectivity index (χ4n) is 3.49. The largest absolute Gasteiger partial charge is 0.467 e. The highest BCUT2D eigenvalue weighted by molar-refractivity contribution is 5.92. The Morgan fingerprint density at radius 1 is 1.21 bits per heavy atom. The topological polar surface area (TPSA) is 75.4 Å². The maximum absolute atomic E-state index is 12.8. The quantitative estimate of drug-likeness (QED) is 0.620. The average molecular weight is 391 g/mol. The summed E-state index contributed by atoms with van der Waals surface area (Å²) in [7, 11) is 0. The molecule has 6 nitrogen and oxygen atoms in total. The van der Waals surface area contributed by atoms with Crippen LogP contribution in [0.4, 0.5) is 5.82 Å². The van der Waals surface area contributed by atoms with Crippen LogP contribution in [0.2, 0.25) is 0 Å². The summed E-state index contributed by atoms with van der Waals surface area (Å²) in [5, 5.41) is 12.6. The minimum absolute atomic E-state index is 0.104. The third-order valence-electron chi connectivity index (χ3n) is 5.30. The predicted octanol–water partition coefficient (Wildman–Crippen LogP) is 2.66. The fourth-order valence-corrected chi connectivity index (χ4v) is 3.49. The Hall–Kier alpha value is -3.30. The van der Waals surface area contributed by atoms with E-state index in [1.165, 1.54) is 5.56 Å². The van der Waals surface area contributed by atoms with Crippen LogP contribution in [-0.2, 0) is 17.9 Å². The zero-order valence-corrected chi connectivity index (χ0v) is 17.2. The number of amides is 1. The summed E-state index contributed by atoms with van der Waals surface area (Å²) in [6.45, 7) is 8.33. The summed E-state index contributed by atoms with van der Waals surface area (Å²) >= 11 is 0. The number of carbonyl (C=O) groups excluding carboxylic acids is 1. The van der Waals surface area contributed by atoms with Crippen molar-refractivity contribution in [2.24, 2.45) is 0 Å². The molecule has 1 amide bonds. The number of carbonyl (C=O) groups is 1. The van der Waals surface area contributed by atoms with Gasteiger partial charge >= 0.3 is 0 Å². The third kappa shape index (κ3) is 4.76. The van der Waals surface area contributed by atoms with Gasteiger partial charge in [0.15, 0.2) is 6.54 Å². The van der Waals surface area contributed by atoms with Crippen molar-refractivity contribution in [3.05, 3.63) is 76.9 Å². The number of anilines is 1. The van der Waals surface area contributed by atoms with Gasteiger partial charge in [-0.3, -0.25) is 4.79 Å². The van der Waals surface area contributed by atoms with Crippen molar-refractivity contribution in [2.45, 2.75) is 33.9 Å². The number of quaternary nitrogens is 1. The maximum atomic E-state index is 12.8. The van der Waals surface area contributed by atoms with Gasteiger partial charge in [-0.15, -0.1) is 0 Å². The van der Waals surface area contributed by atoms with Crippen LogP contribution < -0.4 is 10.2 Å². The first-order chi connectivity index (χ1) is 14.0. The van der Waals surface area contributed by atoms with Gasteiger partial charge in [-0.25, -0.2) is 0 Å². The molecule has 0 spiro atoms. The van der Waals surface area contributed by atoms with E-state index in [9.17, 15) is 10.1 Å². The normalized spacial score (nSPS) is 11.8. The van der Waals surface area contributed by atoms with Crippen molar-refractivity contribution < 1.29 is 14.1 Å². The molecule has 0 aliphatic rings. The number of hydrogen-bond acceptors (Lipinski definition) is 3. The molecular formula is C23H27N4O2+. The average Bonchev–Trinajstić information content (AvgIpc) is 3.31. The molecule has 29 heavy (non-hydrogen) atoms. The lowest BCUT2D eigenvalue weighted by molar-refractivity contribution is -0.903. The summed E-state index contributed by atoms with van der Waals surface area (Å²) in [6, 6.07) is 16.1. The summed E-state index contributed by atoms with van der Waals surface area (Å²) in [5.74, 6) is 1.21. The Bertz CT molecular complexity index is 998. The summed E-state index contributed by atoms with van der Waals surface area (Å²) in [5.41, 5.74) is 3.52. The second-order valence-corrected chi connectivity index (χ2v) is 7.20. The first-order valence-electron chi connectivity index (χ1n) is 9.83. The van der Waals surface area contributed by atoms with Crippen molar-refractivity contribution in [3.63, 3.8) is 0 Å². The Kier molecular flexibility index (Phi) is 6.53. The Labute approximate surface area is 171 Å². The van der Waals surface area contributed by atoms with E-state index in [-0.39, 0.29) is 5.91 Å². The van der Waals surface area contributed by atoms with E-state index in [1.54, 1.807) is 6.26 Å². The van der Waals surface area contributed by atoms with E-state index < -0.39 is 0 Å². The van der Waals surface area contributed by atoms with Crippen molar-refractivity contribution in [1.29, 1.82) is 5.26 Å². The van der Waals surface area contributed by atoms with E-state index >= 15 is 0 Å². The van der Waals surface area contributed by atoms with Crippen LogP contribution in [0.1, 0.15) is 35.1 Å². The Morgan fingerprint density at radius 3 is 2.59 bits per heavy atom. The lowest BCUT2D eigenvalue weighted by Gasteiger charge is -2.18. The van der Waals surface area contributed by atoms with Crippen molar-refractivity contribution in [2.75, 3.05) is 18.4 Å². The standard InChI is InChI=1S/C23H26N4O2/c1-4-26(14-19-9-6-5-7-10-19)16-22(28)25-23-21(13-24)17(2)18(3)27(23)15-20-11-8-12-29-20/h5-12H,4,14-16H2,1-3H3,(H,25,28)/p+1. The van der Waals surface area contributed by atoms with E-state index in [0.29, 0.717) is 24.5 Å². The zero-order chi connectivity index (χ0) is 20.8. The van der Waals surface area contributed by atoms with Crippen molar-refractivity contribution >= 4 is 11.7 Å². The van der Waals surface area contributed by atoms with E-state index in [0.717, 1.165) is 35.0 Å². The minimum Gasteiger partial charge on any atom is -0.467 e. The highest BCUT2D eigenvalue weighted by atomic mass is 16.3. The van der Waals surface area contributed by atoms with Gasteiger partial charge in [0, 0.05) is 11.3 Å². The predicted molar refractivity (Wildman–Crippen MR) is 112 cm³/mol. The molecular weight excluding hydrogens is 364 g/mol. The molecule has 2 heterocycles. The fraction of sp³-hybridized carbons (Fsp3) is 0.304. The number of rotatable bonds is 8. The van der Waals surface area contributed by atoms with Crippen LogP contribution in [0, 0.1) is 25.2 Å². The van der Waals surface area contributed by atoms with Gasteiger partial charge in [-0.05, 0) is 38.5 Å². The van der Waals surface area contributed by atoms with Crippen LogP contribution in [0.25, 0.3) is 0 Å². The highest BCUT2D eigenvalue weighted by Gasteiger charge is 2.22. The number of nitrogens with zero attached hydrogens (tertiary/aromatic N) is 2. The molecule has 3 aromatic rings. The Balaban J connectivity index is 1.78. The molecule has 1 unspecified atom stereocenters.